The van der Waals surface area contributed by atoms with Crippen LogP contribution >= 0.6 is 22.2 Å². The lowest BCUT2D eigenvalue weighted by molar-refractivity contribution is 0.467. The molecule has 0 spiro atoms. The van der Waals surface area contributed by atoms with Crippen molar-refractivity contribution in [2.24, 2.45) is 5.41 Å². The second kappa shape index (κ2) is 3.09. The number of hydrogen-bond donors (Lipinski definition) is 0. The van der Waals surface area contributed by atoms with Crippen LogP contribution in [0.3, 0.4) is 0 Å². The molecule has 0 rings (SSSR count). The van der Waals surface area contributed by atoms with E-state index < -0.39 is 7.42 Å². The van der Waals surface area contributed by atoms with E-state index in [0.717, 1.165) is 6.04 Å². The predicted molar refractivity (Wildman–Crippen MR) is 43.1 cm³/mol. The second-order valence-corrected chi connectivity index (χ2v) is 8.18. The summed E-state index contributed by atoms with van der Waals surface area (Å²) in [6.45, 7) is 6.45. The van der Waals surface area contributed by atoms with Gasteiger partial charge >= 0.3 is 0 Å². The smallest absolute Gasteiger partial charge is 0.150 e. The molecular weight excluding hydrogens is 159 g/mol. The van der Waals surface area contributed by atoms with Crippen molar-refractivity contribution >= 4 is 29.6 Å². The van der Waals surface area contributed by atoms with Gasteiger partial charge in [-0.2, -0.15) is 22.2 Å². The van der Waals surface area contributed by atoms with Crippen LogP contribution in [0.4, 0.5) is 0 Å². The molecule has 0 N–H and O–H groups in total. The summed E-state index contributed by atoms with van der Waals surface area (Å²) >= 11 is 11.3. The van der Waals surface area contributed by atoms with Gasteiger partial charge in [-0.25, -0.2) is 0 Å². The molecule has 0 saturated carbocycles. The van der Waals surface area contributed by atoms with Crippen LogP contribution in [-0.4, -0.2) is 7.42 Å². The standard InChI is InChI=1S/C5H12Cl2Si/c1-5(2,3)4-8(6)7/h8H,4H2,1-3H3. The molecule has 0 amide bonds. The molecule has 0 atom stereocenters. The summed E-state index contributed by atoms with van der Waals surface area (Å²) in [6, 6.07) is 0.996. The quantitative estimate of drug-likeness (QED) is 0.420. The van der Waals surface area contributed by atoms with E-state index in [1.165, 1.54) is 0 Å². The first kappa shape index (κ1) is 8.80. The van der Waals surface area contributed by atoms with Crippen molar-refractivity contribution in [3.8, 4) is 0 Å². The van der Waals surface area contributed by atoms with Crippen LogP contribution in [0.25, 0.3) is 0 Å². The van der Waals surface area contributed by atoms with Gasteiger partial charge in [-0.1, -0.05) is 20.8 Å². The van der Waals surface area contributed by atoms with E-state index in [2.05, 4.69) is 20.8 Å². The molecule has 0 aromatic rings. The molecule has 0 aliphatic rings. The summed E-state index contributed by atoms with van der Waals surface area (Å²) in [5.41, 5.74) is 0.320. The molecule has 0 heterocycles. The molecule has 0 nitrogen and oxygen atoms in total. The van der Waals surface area contributed by atoms with Gasteiger partial charge in [0.15, 0.2) is 0 Å². The SMILES string of the molecule is CC(C)(C)C[SiH](Cl)Cl. The van der Waals surface area contributed by atoms with E-state index in [-0.39, 0.29) is 0 Å². The van der Waals surface area contributed by atoms with E-state index in [1.807, 2.05) is 0 Å². The van der Waals surface area contributed by atoms with Crippen molar-refractivity contribution in [2.75, 3.05) is 0 Å². The second-order valence-electron chi connectivity index (χ2n) is 3.16. The Hall–Kier alpha value is 0.797. The molecule has 0 aromatic heterocycles. The van der Waals surface area contributed by atoms with Crippen molar-refractivity contribution in [2.45, 2.75) is 26.8 Å². The highest BCUT2D eigenvalue weighted by molar-refractivity contribution is 7.33. The third-order valence-corrected chi connectivity index (χ3v) is 3.23. The van der Waals surface area contributed by atoms with E-state index in [4.69, 9.17) is 22.2 Å². The Balaban J connectivity index is 3.39. The maximum absolute atomic E-state index is 5.67. The molecule has 50 valence electrons. The van der Waals surface area contributed by atoms with Crippen molar-refractivity contribution in [3.05, 3.63) is 0 Å². The van der Waals surface area contributed by atoms with Gasteiger partial charge in [0, 0.05) is 0 Å². The van der Waals surface area contributed by atoms with Crippen molar-refractivity contribution in [1.29, 1.82) is 0 Å². The minimum atomic E-state index is -1.35. The summed E-state index contributed by atoms with van der Waals surface area (Å²) in [4.78, 5) is 0. The zero-order valence-corrected chi connectivity index (χ0v) is 8.21. The molecule has 0 fully saturated rings. The van der Waals surface area contributed by atoms with Crippen LogP contribution in [0.2, 0.25) is 6.04 Å². The van der Waals surface area contributed by atoms with Crippen LogP contribution in [0, 0.1) is 5.41 Å². The predicted octanol–water partition coefficient (Wildman–Crippen LogP) is 2.73. The van der Waals surface area contributed by atoms with Crippen LogP contribution in [0.5, 0.6) is 0 Å². The number of hydrogen-bond acceptors (Lipinski definition) is 0. The molecular formula is C5H12Cl2Si. The van der Waals surface area contributed by atoms with Crippen LogP contribution in [-0.2, 0) is 0 Å². The third kappa shape index (κ3) is 6.80. The molecule has 0 unspecified atom stereocenters. The van der Waals surface area contributed by atoms with Crippen molar-refractivity contribution in [3.63, 3.8) is 0 Å². The van der Waals surface area contributed by atoms with Crippen molar-refractivity contribution < 1.29 is 0 Å². The summed E-state index contributed by atoms with van der Waals surface area (Å²) < 4.78 is 0. The Morgan fingerprint density at radius 3 is 1.62 bits per heavy atom. The first-order chi connectivity index (χ1) is 3.42. The van der Waals surface area contributed by atoms with Crippen LogP contribution in [0.1, 0.15) is 20.8 Å². The summed E-state index contributed by atoms with van der Waals surface area (Å²) in [5, 5.41) is 0. The highest BCUT2D eigenvalue weighted by Crippen LogP contribution is 2.24. The van der Waals surface area contributed by atoms with Gasteiger partial charge in [-0.05, 0) is 11.5 Å². The molecule has 3 heteroatoms. The number of rotatable bonds is 1. The Bertz CT molecular complexity index is 65.3. The van der Waals surface area contributed by atoms with E-state index in [1.54, 1.807) is 0 Å². The summed E-state index contributed by atoms with van der Waals surface area (Å²) in [7, 11) is -1.35. The van der Waals surface area contributed by atoms with E-state index >= 15 is 0 Å². The highest BCUT2D eigenvalue weighted by atomic mass is 35.7. The van der Waals surface area contributed by atoms with Crippen LogP contribution in [0.15, 0.2) is 0 Å². The van der Waals surface area contributed by atoms with Gasteiger partial charge in [0.1, 0.15) is 0 Å². The summed E-state index contributed by atoms with van der Waals surface area (Å²) in [6.07, 6.45) is 0. The average Bonchev–Trinajstić information content (AvgIpc) is 1.21. The van der Waals surface area contributed by atoms with Gasteiger partial charge in [0.25, 0.3) is 0 Å². The maximum atomic E-state index is 5.67. The minimum absolute atomic E-state index is 0.320. The lowest BCUT2D eigenvalue weighted by Crippen LogP contribution is -2.10. The Kier molecular flexibility index (Phi) is 3.40. The fourth-order valence-electron chi connectivity index (χ4n) is 0.463. The zero-order chi connectivity index (χ0) is 6.78. The normalized spacial score (nSPS) is 12.8. The average molecular weight is 171 g/mol. The molecule has 8 heavy (non-hydrogen) atoms. The van der Waals surface area contributed by atoms with Crippen LogP contribution < -0.4 is 0 Å². The lowest BCUT2D eigenvalue weighted by atomic mass is 10.0. The third-order valence-electron chi connectivity index (χ3n) is 0.767. The molecule has 0 aliphatic heterocycles. The highest BCUT2D eigenvalue weighted by Gasteiger charge is 2.15. The minimum Gasteiger partial charge on any atom is -0.150 e. The molecule has 0 saturated heterocycles. The van der Waals surface area contributed by atoms with Gasteiger partial charge < -0.3 is 0 Å². The van der Waals surface area contributed by atoms with Crippen molar-refractivity contribution in [1.82, 2.24) is 0 Å². The Morgan fingerprint density at radius 2 is 1.62 bits per heavy atom. The Labute approximate surface area is 62.2 Å². The van der Waals surface area contributed by atoms with Gasteiger partial charge in [-0.3, -0.25) is 0 Å². The van der Waals surface area contributed by atoms with Gasteiger partial charge in [0.2, 0.25) is 7.42 Å². The zero-order valence-electron chi connectivity index (χ0n) is 5.54. The number of halogens is 2. The largest absolute Gasteiger partial charge is 0.237 e. The van der Waals surface area contributed by atoms with E-state index in [0.29, 0.717) is 5.41 Å². The fourth-order valence-corrected chi connectivity index (χ4v) is 4.17. The Morgan fingerprint density at radius 1 is 1.25 bits per heavy atom. The summed E-state index contributed by atoms with van der Waals surface area (Å²) in [5.74, 6) is 0. The monoisotopic (exact) mass is 170 g/mol. The maximum Gasteiger partial charge on any atom is 0.237 e. The first-order valence-electron chi connectivity index (χ1n) is 2.70. The van der Waals surface area contributed by atoms with Gasteiger partial charge in [-0.15, -0.1) is 0 Å². The molecule has 0 aliphatic carbocycles. The molecule has 0 aromatic carbocycles. The van der Waals surface area contributed by atoms with E-state index in [9.17, 15) is 0 Å². The first-order valence-corrected chi connectivity index (χ1v) is 7.01. The molecule has 0 radical (unpaired) electrons. The molecule has 0 bridgehead atoms. The topological polar surface area (TPSA) is 0 Å². The van der Waals surface area contributed by atoms with Gasteiger partial charge in [0.05, 0.1) is 0 Å². The fraction of sp³-hybridized carbons (Fsp3) is 1.00. The lowest BCUT2D eigenvalue weighted by Gasteiger charge is -2.16.